The molecule has 16 heavy (non-hydrogen) atoms. The maximum absolute atomic E-state index is 5.72. The highest BCUT2D eigenvalue weighted by molar-refractivity contribution is 5.84. The maximum Gasteiger partial charge on any atom is 0.227 e. The minimum absolute atomic E-state index is 0.429. The second kappa shape index (κ2) is 3.55. The SMILES string of the molecule is Nc1ncnc2nc(N3CCCC3)ncc12. The van der Waals surface area contributed by atoms with Crippen LogP contribution in [0.15, 0.2) is 12.5 Å². The van der Waals surface area contributed by atoms with Crippen LogP contribution in [0.1, 0.15) is 12.8 Å². The zero-order valence-corrected chi connectivity index (χ0v) is 8.80. The summed E-state index contributed by atoms with van der Waals surface area (Å²) in [5, 5.41) is 0.713. The molecule has 6 nitrogen and oxygen atoms in total. The van der Waals surface area contributed by atoms with E-state index in [2.05, 4.69) is 24.8 Å². The second-order valence-electron chi connectivity index (χ2n) is 3.86. The number of fused-ring (bicyclic) bond motifs is 1. The molecule has 3 rings (SSSR count). The summed E-state index contributed by atoms with van der Waals surface area (Å²) in [7, 11) is 0. The first kappa shape index (κ1) is 9.26. The summed E-state index contributed by atoms with van der Waals surface area (Å²) in [5.41, 5.74) is 6.33. The van der Waals surface area contributed by atoms with Gasteiger partial charge in [-0.3, -0.25) is 0 Å². The molecule has 0 radical (unpaired) electrons. The smallest absolute Gasteiger partial charge is 0.227 e. The summed E-state index contributed by atoms with van der Waals surface area (Å²) in [6.45, 7) is 2.04. The van der Waals surface area contributed by atoms with Gasteiger partial charge in [-0.2, -0.15) is 4.98 Å². The van der Waals surface area contributed by atoms with E-state index in [1.54, 1.807) is 6.20 Å². The maximum atomic E-state index is 5.72. The highest BCUT2D eigenvalue weighted by atomic mass is 15.3. The molecular weight excluding hydrogens is 204 g/mol. The number of nitrogens with zero attached hydrogens (tertiary/aromatic N) is 5. The minimum atomic E-state index is 0.429. The highest BCUT2D eigenvalue weighted by Gasteiger charge is 2.15. The Morgan fingerprint density at radius 3 is 2.75 bits per heavy atom. The van der Waals surface area contributed by atoms with Crippen molar-refractivity contribution in [3.8, 4) is 0 Å². The lowest BCUT2D eigenvalue weighted by molar-refractivity contribution is 0.903. The van der Waals surface area contributed by atoms with Crippen LogP contribution in [0.2, 0.25) is 0 Å². The van der Waals surface area contributed by atoms with Gasteiger partial charge >= 0.3 is 0 Å². The Morgan fingerprint density at radius 1 is 1.12 bits per heavy atom. The third-order valence-corrected chi connectivity index (χ3v) is 2.80. The molecule has 0 aliphatic carbocycles. The van der Waals surface area contributed by atoms with Gasteiger partial charge in [0.2, 0.25) is 5.95 Å². The van der Waals surface area contributed by atoms with E-state index in [0.29, 0.717) is 16.9 Å². The monoisotopic (exact) mass is 216 g/mol. The molecule has 1 fully saturated rings. The van der Waals surface area contributed by atoms with Crippen molar-refractivity contribution in [3.05, 3.63) is 12.5 Å². The standard InChI is InChI=1S/C10H12N6/c11-8-7-5-12-10(16-3-1-2-4-16)15-9(7)14-6-13-8/h5-6H,1-4H2,(H2,11,12,13,14,15). The van der Waals surface area contributed by atoms with Gasteiger partial charge in [-0.25, -0.2) is 15.0 Å². The van der Waals surface area contributed by atoms with E-state index >= 15 is 0 Å². The van der Waals surface area contributed by atoms with Crippen LogP contribution in [0.25, 0.3) is 11.0 Å². The highest BCUT2D eigenvalue weighted by Crippen LogP contribution is 2.19. The van der Waals surface area contributed by atoms with Crippen molar-refractivity contribution in [3.63, 3.8) is 0 Å². The average Bonchev–Trinajstić information content (AvgIpc) is 2.82. The first-order valence-corrected chi connectivity index (χ1v) is 5.33. The van der Waals surface area contributed by atoms with Crippen molar-refractivity contribution in [2.24, 2.45) is 0 Å². The van der Waals surface area contributed by atoms with Crippen molar-refractivity contribution in [2.45, 2.75) is 12.8 Å². The summed E-state index contributed by atoms with van der Waals surface area (Å²) in [5.74, 6) is 1.17. The Kier molecular flexibility index (Phi) is 2.05. The molecule has 2 aromatic rings. The van der Waals surface area contributed by atoms with E-state index in [0.717, 1.165) is 19.0 Å². The molecular formula is C10H12N6. The molecule has 1 aliphatic heterocycles. The largest absolute Gasteiger partial charge is 0.383 e. The third-order valence-electron chi connectivity index (χ3n) is 2.80. The van der Waals surface area contributed by atoms with Crippen LogP contribution in [-0.2, 0) is 0 Å². The average molecular weight is 216 g/mol. The zero-order valence-electron chi connectivity index (χ0n) is 8.80. The van der Waals surface area contributed by atoms with Crippen molar-refractivity contribution < 1.29 is 0 Å². The number of aromatic nitrogens is 4. The van der Waals surface area contributed by atoms with Gasteiger partial charge in [0.05, 0.1) is 5.39 Å². The Balaban J connectivity index is 2.08. The number of hydrogen-bond donors (Lipinski definition) is 1. The van der Waals surface area contributed by atoms with Crippen LogP contribution in [0, 0.1) is 0 Å². The van der Waals surface area contributed by atoms with Gasteiger partial charge in [0, 0.05) is 19.3 Å². The lowest BCUT2D eigenvalue weighted by Crippen LogP contribution is -2.20. The number of rotatable bonds is 1. The van der Waals surface area contributed by atoms with E-state index in [1.807, 2.05) is 0 Å². The summed E-state index contributed by atoms with van der Waals surface area (Å²) in [6.07, 6.45) is 5.53. The van der Waals surface area contributed by atoms with Gasteiger partial charge in [0.25, 0.3) is 0 Å². The molecule has 0 unspecified atom stereocenters. The van der Waals surface area contributed by atoms with E-state index in [4.69, 9.17) is 5.73 Å². The van der Waals surface area contributed by atoms with E-state index < -0.39 is 0 Å². The fourth-order valence-corrected chi connectivity index (χ4v) is 1.93. The molecule has 82 valence electrons. The molecule has 0 bridgehead atoms. The molecule has 0 amide bonds. The number of anilines is 2. The molecule has 0 atom stereocenters. The van der Waals surface area contributed by atoms with Gasteiger partial charge in [0.1, 0.15) is 12.1 Å². The Hall–Kier alpha value is -1.98. The molecule has 1 saturated heterocycles. The quantitative estimate of drug-likeness (QED) is 0.751. The van der Waals surface area contributed by atoms with Crippen LogP contribution < -0.4 is 10.6 Å². The normalized spacial score (nSPS) is 15.9. The van der Waals surface area contributed by atoms with Gasteiger partial charge in [-0.1, -0.05) is 0 Å². The number of hydrogen-bond acceptors (Lipinski definition) is 6. The topological polar surface area (TPSA) is 80.8 Å². The second-order valence-corrected chi connectivity index (χ2v) is 3.86. The minimum Gasteiger partial charge on any atom is -0.383 e. The van der Waals surface area contributed by atoms with E-state index in [-0.39, 0.29) is 0 Å². The summed E-state index contributed by atoms with van der Waals surface area (Å²) >= 11 is 0. The Bertz CT molecular complexity index is 520. The molecule has 0 aromatic carbocycles. The van der Waals surface area contributed by atoms with Gasteiger partial charge in [0.15, 0.2) is 5.65 Å². The van der Waals surface area contributed by atoms with Crippen LogP contribution >= 0.6 is 0 Å². The predicted molar refractivity (Wildman–Crippen MR) is 61.0 cm³/mol. The van der Waals surface area contributed by atoms with Crippen LogP contribution in [0.4, 0.5) is 11.8 Å². The lowest BCUT2D eigenvalue weighted by Gasteiger charge is -2.14. The van der Waals surface area contributed by atoms with Gasteiger partial charge in [-0.15, -0.1) is 0 Å². The van der Waals surface area contributed by atoms with Gasteiger partial charge < -0.3 is 10.6 Å². The fourth-order valence-electron chi connectivity index (χ4n) is 1.93. The molecule has 2 N–H and O–H groups in total. The Morgan fingerprint density at radius 2 is 1.94 bits per heavy atom. The third kappa shape index (κ3) is 1.42. The molecule has 0 spiro atoms. The van der Waals surface area contributed by atoms with Crippen LogP contribution in [0.5, 0.6) is 0 Å². The fraction of sp³-hybridized carbons (Fsp3) is 0.400. The van der Waals surface area contributed by atoms with E-state index in [9.17, 15) is 0 Å². The van der Waals surface area contributed by atoms with E-state index in [1.165, 1.54) is 19.2 Å². The number of nitrogens with two attached hydrogens (primary N) is 1. The first-order valence-electron chi connectivity index (χ1n) is 5.33. The van der Waals surface area contributed by atoms with Crippen LogP contribution in [-0.4, -0.2) is 33.0 Å². The first-order chi connectivity index (χ1) is 7.84. The van der Waals surface area contributed by atoms with Crippen LogP contribution in [0.3, 0.4) is 0 Å². The van der Waals surface area contributed by atoms with Crippen molar-refractivity contribution in [1.82, 2.24) is 19.9 Å². The van der Waals surface area contributed by atoms with Crippen molar-refractivity contribution in [1.29, 1.82) is 0 Å². The van der Waals surface area contributed by atoms with Gasteiger partial charge in [-0.05, 0) is 12.8 Å². The summed E-state index contributed by atoms with van der Waals surface area (Å²) in [6, 6.07) is 0. The summed E-state index contributed by atoms with van der Waals surface area (Å²) in [4.78, 5) is 18.9. The summed E-state index contributed by atoms with van der Waals surface area (Å²) < 4.78 is 0. The van der Waals surface area contributed by atoms with Crippen molar-refractivity contribution >= 4 is 22.8 Å². The molecule has 0 saturated carbocycles. The molecule has 1 aliphatic rings. The van der Waals surface area contributed by atoms with Crippen molar-refractivity contribution in [2.75, 3.05) is 23.7 Å². The zero-order chi connectivity index (χ0) is 11.0. The Labute approximate surface area is 92.5 Å². The lowest BCUT2D eigenvalue weighted by atomic mass is 10.4. The predicted octanol–water partition coefficient (Wildman–Crippen LogP) is 0.602. The molecule has 2 aromatic heterocycles. The molecule has 6 heteroatoms. The number of nitrogen functional groups attached to an aromatic ring is 1. The molecule has 3 heterocycles.